The van der Waals surface area contributed by atoms with Gasteiger partial charge in [-0.25, -0.2) is 4.98 Å². The third-order valence-corrected chi connectivity index (χ3v) is 4.98. The molecule has 4 nitrogen and oxygen atoms in total. The second-order valence-electron chi connectivity index (χ2n) is 5.83. The average molecular weight is 316 g/mol. The number of benzene rings is 1. The van der Waals surface area contributed by atoms with Gasteiger partial charge in [-0.15, -0.1) is 11.3 Å². The van der Waals surface area contributed by atoms with Crippen molar-refractivity contribution in [3.8, 4) is 11.3 Å². The molecule has 1 aliphatic rings. The van der Waals surface area contributed by atoms with Crippen LogP contribution in [0.2, 0.25) is 0 Å². The lowest BCUT2D eigenvalue weighted by molar-refractivity contribution is -0.153. The molecule has 0 amide bonds. The van der Waals surface area contributed by atoms with Crippen molar-refractivity contribution < 1.29 is 9.53 Å². The molecule has 1 unspecified atom stereocenters. The Morgan fingerprint density at radius 2 is 2.18 bits per heavy atom. The minimum atomic E-state index is -0.422. The van der Waals surface area contributed by atoms with Crippen molar-refractivity contribution >= 4 is 22.4 Å². The summed E-state index contributed by atoms with van der Waals surface area (Å²) in [6.07, 6.45) is 0.812. The Bertz CT molecular complexity index is 656. The van der Waals surface area contributed by atoms with Crippen LogP contribution >= 0.6 is 11.3 Å². The number of aromatic nitrogens is 1. The zero-order chi connectivity index (χ0) is 15.6. The molecule has 1 atom stereocenters. The summed E-state index contributed by atoms with van der Waals surface area (Å²) in [5.74, 6) is -0.0997. The van der Waals surface area contributed by atoms with Gasteiger partial charge in [0.05, 0.1) is 17.7 Å². The summed E-state index contributed by atoms with van der Waals surface area (Å²) < 4.78 is 5.20. The summed E-state index contributed by atoms with van der Waals surface area (Å²) in [5.41, 5.74) is 1.69. The molecule has 5 heteroatoms. The number of rotatable bonds is 4. The second-order valence-corrected chi connectivity index (χ2v) is 6.67. The fourth-order valence-electron chi connectivity index (χ4n) is 2.75. The van der Waals surface area contributed by atoms with Crippen molar-refractivity contribution in [2.45, 2.75) is 20.3 Å². The Morgan fingerprint density at radius 3 is 2.91 bits per heavy atom. The Labute approximate surface area is 134 Å². The van der Waals surface area contributed by atoms with Gasteiger partial charge in [0.1, 0.15) is 0 Å². The quantitative estimate of drug-likeness (QED) is 0.809. The Balaban J connectivity index is 1.74. The average Bonchev–Trinajstić information content (AvgIpc) is 3.16. The molecule has 3 rings (SSSR count). The van der Waals surface area contributed by atoms with E-state index in [0.29, 0.717) is 13.2 Å². The first-order valence-electron chi connectivity index (χ1n) is 7.55. The van der Waals surface area contributed by atoms with Crippen LogP contribution < -0.4 is 4.90 Å². The fraction of sp³-hybridized carbons (Fsp3) is 0.412. The predicted octanol–water partition coefficient (Wildman–Crippen LogP) is 3.59. The van der Waals surface area contributed by atoms with Crippen LogP contribution in [0.3, 0.4) is 0 Å². The molecule has 2 heterocycles. The molecule has 0 radical (unpaired) electrons. The van der Waals surface area contributed by atoms with E-state index in [9.17, 15) is 4.79 Å². The Hall–Kier alpha value is -1.88. The minimum Gasteiger partial charge on any atom is -0.466 e. The molecule has 0 bridgehead atoms. The number of nitrogens with zero attached hydrogens (tertiary/aromatic N) is 2. The van der Waals surface area contributed by atoms with Gasteiger partial charge in [0.25, 0.3) is 0 Å². The maximum atomic E-state index is 12.1. The first-order valence-corrected chi connectivity index (χ1v) is 8.43. The van der Waals surface area contributed by atoms with Gasteiger partial charge in [-0.1, -0.05) is 30.3 Å². The molecule has 0 saturated carbocycles. The summed E-state index contributed by atoms with van der Waals surface area (Å²) in [5, 5.41) is 3.05. The number of carbonyl (C=O) groups excluding carboxylic acids is 1. The van der Waals surface area contributed by atoms with Gasteiger partial charge >= 0.3 is 5.97 Å². The van der Waals surface area contributed by atoms with E-state index in [0.717, 1.165) is 29.4 Å². The van der Waals surface area contributed by atoms with Crippen LogP contribution in [0.4, 0.5) is 5.13 Å². The maximum Gasteiger partial charge on any atom is 0.313 e. The number of carbonyl (C=O) groups is 1. The molecule has 116 valence electrons. The summed E-state index contributed by atoms with van der Waals surface area (Å²) in [4.78, 5) is 19.0. The molecule has 1 aromatic carbocycles. The number of esters is 1. The normalized spacial score (nSPS) is 21.1. The van der Waals surface area contributed by atoms with E-state index < -0.39 is 5.41 Å². The molecule has 0 N–H and O–H groups in total. The molecule has 2 aromatic rings. The minimum absolute atomic E-state index is 0.0997. The molecule has 22 heavy (non-hydrogen) atoms. The SMILES string of the molecule is CCOC(=O)C1(C)CCN(c2nc(-c3ccccc3)cs2)C1. The molecular weight excluding hydrogens is 296 g/mol. The van der Waals surface area contributed by atoms with E-state index in [1.54, 1.807) is 11.3 Å². The number of thiazole rings is 1. The summed E-state index contributed by atoms with van der Waals surface area (Å²) in [6.45, 7) is 5.78. The van der Waals surface area contributed by atoms with Gasteiger partial charge < -0.3 is 9.64 Å². The van der Waals surface area contributed by atoms with Crippen molar-refractivity contribution in [2.24, 2.45) is 5.41 Å². The van der Waals surface area contributed by atoms with E-state index in [-0.39, 0.29) is 5.97 Å². The van der Waals surface area contributed by atoms with Gasteiger partial charge in [0, 0.05) is 24.0 Å². The van der Waals surface area contributed by atoms with Crippen LogP contribution in [0.25, 0.3) is 11.3 Å². The van der Waals surface area contributed by atoms with Gasteiger partial charge in [-0.3, -0.25) is 4.79 Å². The Morgan fingerprint density at radius 1 is 1.41 bits per heavy atom. The molecule has 1 saturated heterocycles. The Kier molecular flexibility index (Phi) is 4.16. The lowest BCUT2D eigenvalue weighted by Crippen LogP contribution is -2.33. The van der Waals surface area contributed by atoms with Crippen LogP contribution in [0.1, 0.15) is 20.3 Å². The first kappa shape index (κ1) is 15.0. The smallest absolute Gasteiger partial charge is 0.313 e. The van der Waals surface area contributed by atoms with Crippen LogP contribution in [0.5, 0.6) is 0 Å². The highest BCUT2D eigenvalue weighted by Gasteiger charge is 2.42. The van der Waals surface area contributed by atoms with Crippen molar-refractivity contribution in [2.75, 3.05) is 24.6 Å². The standard InChI is InChI=1S/C17H20N2O2S/c1-3-21-15(20)17(2)9-10-19(12-17)16-18-14(11-22-16)13-7-5-4-6-8-13/h4-8,11H,3,9-10,12H2,1-2H3. The van der Waals surface area contributed by atoms with Crippen molar-refractivity contribution in [3.63, 3.8) is 0 Å². The molecule has 0 aliphatic carbocycles. The zero-order valence-corrected chi connectivity index (χ0v) is 13.7. The highest BCUT2D eigenvalue weighted by Crippen LogP contribution is 2.36. The van der Waals surface area contributed by atoms with Gasteiger partial charge in [0.2, 0.25) is 0 Å². The molecular formula is C17H20N2O2S. The fourth-order valence-corrected chi connectivity index (χ4v) is 3.61. The van der Waals surface area contributed by atoms with Gasteiger partial charge in [-0.2, -0.15) is 0 Å². The largest absolute Gasteiger partial charge is 0.466 e. The van der Waals surface area contributed by atoms with Crippen LogP contribution in [0, 0.1) is 5.41 Å². The topological polar surface area (TPSA) is 42.4 Å². The maximum absolute atomic E-state index is 12.1. The number of hydrogen-bond acceptors (Lipinski definition) is 5. The molecule has 1 aromatic heterocycles. The van der Waals surface area contributed by atoms with E-state index in [1.807, 2.05) is 32.0 Å². The molecule has 1 fully saturated rings. The molecule has 0 spiro atoms. The molecule has 1 aliphatic heterocycles. The monoisotopic (exact) mass is 316 g/mol. The second kappa shape index (κ2) is 6.08. The third kappa shape index (κ3) is 2.86. The van der Waals surface area contributed by atoms with Crippen molar-refractivity contribution in [1.82, 2.24) is 4.98 Å². The number of anilines is 1. The predicted molar refractivity (Wildman–Crippen MR) is 89.1 cm³/mol. The highest BCUT2D eigenvalue weighted by atomic mass is 32.1. The van der Waals surface area contributed by atoms with Gasteiger partial charge in [-0.05, 0) is 20.3 Å². The van der Waals surface area contributed by atoms with E-state index in [1.165, 1.54) is 0 Å². The van der Waals surface area contributed by atoms with Crippen LogP contribution in [0.15, 0.2) is 35.7 Å². The lowest BCUT2D eigenvalue weighted by atomic mass is 9.90. The van der Waals surface area contributed by atoms with E-state index in [4.69, 9.17) is 9.72 Å². The van der Waals surface area contributed by atoms with Crippen molar-refractivity contribution in [3.05, 3.63) is 35.7 Å². The van der Waals surface area contributed by atoms with E-state index in [2.05, 4.69) is 22.4 Å². The van der Waals surface area contributed by atoms with Crippen LogP contribution in [-0.2, 0) is 9.53 Å². The lowest BCUT2D eigenvalue weighted by Gasteiger charge is -2.22. The number of hydrogen-bond donors (Lipinski definition) is 0. The summed E-state index contributed by atoms with van der Waals surface area (Å²) in [6, 6.07) is 10.2. The van der Waals surface area contributed by atoms with Crippen molar-refractivity contribution in [1.29, 1.82) is 0 Å². The number of ether oxygens (including phenoxy) is 1. The first-order chi connectivity index (χ1) is 10.6. The summed E-state index contributed by atoms with van der Waals surface area (Å²) >= 11 is 1.63. The highest BCUT2D eigenvalue weighted by molar-refractivity contribution is 7.14. The third-order valence-electron chi connectivity index (χ3n) is 4.07. The van der Waals surface area contributed by atoms with Crippen LogP contribution in [-0.4, -0.2) is 30.6 Å². The van der Waals surface area contributed by atoms with E-state index >= 15 is 0 Å². The van der Waals surface area contributed by atoms with Gasteiger partial charge in [0.15, 0.2) is 5.13 Å². The summed E-state index contributed by atoms with van der Waals surface area (Å²) in [7, 11) is 0. The zero-order valence-electron chi connectivity index (χ0n) is 12.9.